The zero-order valence-electron chi connectivity index (χ0n) is 13.3. The van der Waals surface area contributed by atoms with Gasteiger partial charge >= 0.3 is 0 Å². The highest BCUT2D eigenvalue weighted by Gasteiger charge is 2.08. The molecule has 0 aromatic carbocycles. The monoisotopic (exact) mass is 286 g/mol. The van der Waals surface area contributed by atoms with Crippen LogP contribution in [0, 0.1) is 5.92 Å². The number of ether oxygens (including phenoxy) is 1. The molecule has 20 heavy (non-hydrogen) atoms. The molecule has 5 heteroatoms. The lowest BCUT2D eigenvalue weighted by molar-refractivity contribution is -0.127. The smallest absolute Gasteiger partial charge is 0.246 e. The van der Waals surface area contributed by atoms with Gasteiger partial charge in [0.05, 0.1) is 6.10 Å². The minimum atomic E-state index is -0.0660. The van der Waals surface area contributed by atoms with Crippen LogP contribution in [0.25, 0.3) is 0 Å². The number of hydrogen-bond donors (Lipinski definition) is 2. The highest BCUT2D eigenvalue weighted by molar-refractivity contribution is 5.78. The molecule has 0 rings (SSSR count). The molecule has 1 unspecified atom stereocenters. The summed E-state index contributed by atoms with van der Waals surface area (Å²) >= 11 is 0. The fourth-order valence-corrected chi connectivity index (χ4v) is 1.52. The van der Waals surface area contributed by atoms with Crippen molar-refractivity contribution in [2.75, 3.05) is 19.7 Å². The van der Waals surface area contributed by atoms with E-state index in [1.165, 1.54) is 0 Å². The molecule has 0 radical (unpaired) electrons. The van der Waals surface area contributed by atoms with E-state index in [0.29, 0.717) is 13.1 Å². The van der Waals surface area contributed by atoms with Gasteiger partial charge in [0.15, 0.2) is 0 Å². The van der Waals surface area contributed by atoms with Crippen molar-refractivity contribution in [1.82, 2.24) is 10.6 Å². The quantitative estimate of drug-likeness (QED) is 0.570. The van der Waals surface area contributed by atoms with Gasteiger partial charge < -0.3 is 15.4 Å². The Morgan fingerprint density at radius 1 is 1.00 bits per heavy atom. The molecule has 2 amide bonds. The molecule has 118 valence electrons. The van der Waals surface area contributed by atoms with Crippen molar-refractivity contribution in [3.63, 3.8) is 0 Å². The van der Waals surface area contributed by atoms with Crippen molar-refractivity contribution in [1.29, 1.82) is 0 Å². The van der Waals surface area contributed by atoms with Gasteiger partial charge in [-0.15, -0.1) is 0 Å². The van der Waals surface area contributed by atoms with Crippen LogP contribution in [0.3, 0.4) is 0 Å². The Labute approximate surface area is 122 Å². The Balaban J connectivity index is 3.36. The predicted octanol–water partition coefficient (Wildman–Crippen LogP) is 1.86. The summed E-state index contributed by atoms with van der Waals surface area (Å²) in [6.45, 7) is 9.26. The first kappa shape index (κ1) is 18.9. The molecule has 2 N–H and O–H groups in total. The fraction of sp³-hybridized carbons (Fsp3) is 0.867. The third kappa shape index (κ3) is 10.8. The number of hydrogen-bond acceptors (Lipinski definition) is 3. The standard InChI is InChI=1S/C15H30N2O3/c1-5-13(4)15(19)17-10-8-6-7-9-16-14(18)11-20-12(2)3/h12-13H,5-11H2,1-4H3,(H,16,18)(H,17,19). The maximum atomic E-state index is 11.5. The third-order valence-corrected chi connectivity index (χ3v) is 3.08. The maximum absolute atomic E-state index is 11.5. The van der Waals surface area contributed by atoms with E-state index in [1.54, 1.807) is 0 Å². The summed E-state index contributed by atoms with van der Waals surface area (Å²) in [6, 6.07) is 0. The van der Waals surface area contributed by atoms with Crippen LogP contribution in [0.5, 0.6) is 0 Å². The molecule has 0 aromatic rings. The molecule has 0 saturated carbocycles. The third-order valence-electron chi connectivity index (χ3n) is 3.08. The van der Waals surface area contributed by atoms with Crippen LogP contribution in [0.15, 0.2) is 0 Å². The van der Waals surface area contributed by atoms with E-state index in [-0.39, 0.29) is 30.4 Å². The molecule has 0 bridgehead atoms. The molecule has 0 aliphatic carbocycles. The van der Waals surface area contributed by atoms with Crippen molar-refractivity contribution in [3.05, 3.63) is 0 Å². The lowest BCUT2D eigenvalue weighted by atomic mass is 10.1. The van der Waals surface area contributed by atoms with Gasteiger partial charge in [0.2, 0.25) is 11.8 Å². The van der Waals surface area contributed by atoms with Gasteiger partial charge in [0.25, 0.3) is 0 Å². The number of rotatable bonds is 11. The molecule has 0 spiro atoms. The number of carbonyl (C=O) groups is 2. The predicted molar refractivity (Wildman–Crippen MR) is 80.4 cm³/mol. The number of amides is 2. The second-order valence-corrected chi connectivity index (χ2v) is 5.37. The first-order valence-corrected chi connectivity index (χ1v) is 7.63. The minimum absolute atomic E-state index is 0.0660. The first-order valence-electron chi connectivity index (χ1n) is 7.63. The molecule has 0 fully saturated rings. The summed E-state index contributed by atoms with van der Waals surface area (Å²) in [5.41, 5.74) is 0. The van der Waals surface area contributed by atoms with Crippen molar-refractivity contribution in [3.8, 4) is 0 Å². The summed E-state index contributed by atoms with van der Waals surface area (Å²) in [6.07, 6.45) is 3.81. The molecular formula is C15H30N2O3. The van der Waals surface area contributed by atoms with Crippen LogP contribution in [-0.4, -0.2) is 37.6 Å². The van der Waals surface area contributed by atoms with Gasteiger partial charge in [-0.05, 0) is 39.5 Å². The summed E-state index contributed by atoms with van der Waals surface area (Å²) < 4.78 is 5.20. The topological polar surface area (TPSA) is 67.4 Å². The molecule has 5 nitrogen and oxygen atoms in total. The Kier molecular flexibility index (Phi) is 11.1. The Bertz CT molecular complexity index is 280. The zero-order valence-corrected chi connectivity index (χ0v) is 13.3. The van der Waals surface area contributed by atoms with E-state index < -0.39 is 0 Å². The summed E-state index contributed by atoms with van der Waals surface area (Å²) in [5, 5.41) is 5.73. The second kappa shape index (κ2) is 11.7. The van der Waals surface area contributed by atoms with Crippen molar-refractivity contribution < 1.29 is 14.3 Å². The summed E-state index contributed by atoms with van der Waals surface area (Å²) in [7, 11) is 0. The van der Waals surface area contributed by atoms with E-state index in [1.807, 2.05) is 27.7 Å². The van der Waals surface area contributed by atoms with Crippen LogP contribution in [0.4, 0.5) is 0 Å². The highest BCUT2D eigenvalue weighted by atomic mass is 16.5. The average Bonchev–Trinajstić information content (AvgIpc) is 2.42. The molecular weight excluding hydrogens is 256 g/mol. The Morgan fingerprint density at radius 3 is 2.15 bits per heavy atom. The molecule has 0 saturated heterocycles. The lowest BCUT2D eigenvalue weighted by Gasteiger charge is -2.10. The molecule has 0 heterocycles. The van der Waals surface area contributed by atoms with Gasteiger partial charge in [-0.1, -0.05) is 13.8 Å². The van der Waals surface area contributed by atoms with Gasteiger partial charge in [-0.25, -0.2) is 0 Å². The van der Waals surface area contributed by atoms with E-state index in [4.69, 9.17) is 4.74 Å². The van der Waals surface area contributed by atoms with Crippen LogP contribution in [-0.2, 0) is 14.3 Å². The number of unbranched alkanes of at least 4 members (excludes halogenated alkanes) is 2. The zero-order chi connectivity index (χ0) is 15.4. The Hall–Kier alpha value is -1.10. The SMILES string of the molecule is CCC(C)C(=O)NCCCCCNC(=O)COC(C)C. The van der Waals surface area contributed by atoms with Gasteiger partial charge in [0, 0.05) is 19.0 Å². The average molecular weight is 286 g/mol. The minimum Gasteiger partial charge on any atom is -0.369 e. The number of carbonyl (C=O) groups excluding carboxylic acids is 2. The van der Waals surface area contributed by atoms with Gasteiger partial charge in [-0.3, -0.25) is 9.59 Å². The van der Waals surface area contributed by atoms with Crippen LogP contribution in [0.1, 0.15) is 53.4 Å². The van der Waals surface area contributed by atoms with Crippen molar-refractivity contribution in [2.24, 2.45) is 5.92 Å². The first-order chi connectivity index (χ1) is 9.47. The number of nitrogens with one attached hydrogen (secondary N) is 2. The van der Waals surface area contributed by atoms with Gasteiger partial charge in [0.1, 0.15) is 6.61 Å². The maximum Gasteiger partial charge on any atom is 0.246 e. The molecule has 1 atom stereocenters. The second-order valence-electron chi connectivity index (χ2n) is 5.37. The lowest BCUT2D eigenvalue weighted by Crippen LogP contribution is -2.30. The summed E-state index contributed by atoms with van der Waals surface area (Å²) in [5.74, 6) is 0.158. The van der Waals surface area contributed by atoms with Crippen molar-refractivity contribution >= 4 is 11.8 Å². The van der Waals surface area contributed by atoms with Gasteiger partial charge in [-0.2, -0.15) is 0 Å². The van der Waals surface area contributed by atoms with Crippen LogP contribution in [0.2, 0.25) is 0 Å². The molecule has 0 aliphatic heterocycles. The highest BCUT2D eigenvalue weighted by Crippen LogP contribution is 2.00. The van der Waals surface area contributed by atoms with E-state index in [2.05, 4.69) is 10.6 Å². The van der Waals surface area contributed by atoms with E-state index >= 15 is 0 Å². The van der Waals surface area contributed by atoms with Crippen LogP contribution < -0.4 is 10.6 Å². The van der Waals surface area contributed by atoms with Crippen molar-refractivity contribution in [2.45, 2.75) is 59.5 Å². The van der Waals surface area contributed by atoms with E-state index in [9.17, 15) is 9.59 Å². The molecule has 0 aromatic heterocycles. The Morgan fingerprint density at radius 2 is 1.60 bits per heavy atom. The normalized spacial score (nSPS) is 12.2. The van der Waals surface area contributed by atoms with Crippen LogP contribution >= 0.6 is 0 Å². The largest absolute Gasteiger partial charge is 0.369 e. The van der Waals surface area contributed by atoms with E-state index in [0.717, 1.165) is 25.7 Å². The molecule has 0 aliphatic rings. The fourth-order valence-electron chi connectivity index (χ4n) is 1.52. The summed E-state index contributed by atoms with van der Waals surface area (Å²) in [4.78, 5) is 22.8.